The summed E-state index contributed by atoms with van der Waals surface area (Å²) in [6.07, 6.45) is -4.02. The Balaban J connectivity index is 2.79. The summed E-state index contributed by atoms with van der Waals surface area (Å²) in [5.74, 6) is -6.10. The Kier molecular flexibility index (Phi) is 4.74. The van der Waals surface area contributed by atoms with Crippen LogP contribution in [0.1, 0.15) is 5.56 Å². The first-order valence-corrected chi connectivity index (χ1v) is 5.33. The van der Waals surface area contributed by atoms with Gasteiger partial charge in [0.25, 0.3) is 5.91 Å². The summed E-state index contributed by atoms with van der Waals surface area (Å²) in [4.78, 5) is 11.8. The topological polar surface area (TPSA) is 29.5 Å². The number of alkyl halides is 4. The van der Waals surface area contributed by atoms with Crippen LogP contribution in [0.15, 0.2) is 24.3 Å². The quantitative estimate of drug-likeness (QED) is 0.775. The highest BCUT2D eigenvalue weighted by Gasteiger charge is 2.50. The molecule has 0 spiro atoms. The van der Waals surface area contributed by atoms with Crippen LogP contribution in [0.25, 0.3) is 0 Å². The molecule has 0 fully saturated rings. The molecule has 1 rings (SSSR count). The maximum Gasteiger partial charge on any atom is 0.383 e. The third kappa shape index (κ3) is 3.59. The lowest BCUT2D eigenvalue weighted by Crippen LogP contribution is -2.45. The minimum atomic E-state index is -4.67. The molecule has 0 bridgehead atoms. The normalized spacial score (nSPS) is 11.5. The first-order chi connectivity index (χ1) is 8.78. The summed E-state index contributed by atoms with van der Waals surface area (Å²) in [6.45, 7) is -0.210. The van der Waals surface area contributed by atoms with Gasteiger partial charge in [0, 0.05) is 13.6 Å². The van der Waals surface area contributed by atoms with Crippen molar-refractivity contribution < 1.29 is 27.1 Å². The van der Waals surface area contributed by atoms with Crippen LogP contribution in [0, 0.1) is 0 Å². The Bertz CT molecular complexity index is 451. The maximum atomic E-state index is 12.9. The second kappa shape index (κ2) is 5.90. The predicted octanol–water partition coefficient (Wildman–Crippen LogP) is 2.55. The van der Waals surface area contributed by atoms with E-state index in [4.69, 9.17) is 4.74 Å². The number of halogens is 4. The molecule has 0 aliphatic rings. The first-order valence-electron chi connectivity index (χ1n) is 5.33. The van der Waals surface area contributed by atoms with Gasteiger partial charge in [0.1, 0.15) is 5.75 Å². The standard InChI is InChI=1S/C12H13F4NO2/c1-17(11(18)12(15,16)10(13)14)7-8-4-3-5-9(6-8)19-2/h3-6,10H,7H2,1-2H3. The van der Waals surface area contributed by atoms with Gasteiger partial charge in [-0.05, 0) is 17.7 Å². The number of carbonyl (C=O) groups is 1. The predicted molar refractivity (Wildman–Crippen MR) is 60.4 cm³/mol. The molecule has 0 unspecified atom stereocenters. The third-order valence-electron chi connectivity index (χ3n) is 2.46. The van der Waals surface area contributed by atoms with Gasteiger partial charge in [-0.2, -0.15) is 8.78 Å². The van der Waals surface area contributed by atoms with E-state index < -0.39 is 18.3 Å². The second-order valence-corrected chi connectivity index (χ2v) is 3.94. The average molecular weight is 279 g/mol. The van der Waals surface area contributed by atoms with E-state index in [0.29, 0.717) is 16.2 Å². The van der Waals surface area contributed by atoms with E-state index in [-0.39, 0.29) is 6.54 Å². The number of methoxy groups -OCH3 is 1. The number of amides is 1. The summed E-state index contributed by atoms with van der Waals surface area (Å²) >= 11 is 0. The fraction of sp³-hybridized carbons (Fsp3) is 0.417. The number of hydrogen-bond acceptors (Lipinski definition) is 2. The monoisotopic (exact) mass is 279 g/mol. The highest BCUT2D eigenvalue weighted by atomic mass is 19.3. The van der Waals surface area contributed by atoms with Gasteiger partial charge in [-0.25, -0.2) is 8.78 Å². The summed E-state index contributed by atoms with van der Waals surface area (Å²) in [5.41, 5.74) is 0.500. The SMILES string of the molecule is COc1cccc(CN(C)C(=O)C(F)(F)C(F)F)c1. The number of hydrogen-bond donors (Lipinski definition) is 0. The fourth-order valence-corrected chi connectivity index (χ4v) is 1.46. The van der Waals surface area contributed by atoms with E-state index >= 15 is 0 Å². The van der Waals surface area contributed by atoms with Crippen molar-refractivity contribution in [1.82, 2.24) is 4.90 Å². The van der Waals surface area contributed by atoms with Crippen LogP contribution in [0.4, 0.5) is 17.6 Å². The summed E-state index contributed by atoms with van der Waals surface area (Å²) in [5, 5.41) is 0. The molecule has 0 atom stereocenters. The zero-order valence-electron chi connectivity index (χ0n) is 10.4. The van der Waals surface area contributed by atoms with Gasteiger partial charge in [-0.1, -0.05) is 12.1 Å². The zero-order valence-corrected chi connectivity index (χ0v) is 10.4. The van der Waals surface area contributed by atoms with Crippen molar-refractivity contribution in [1.29, 1.82) is 0 Å². The summed E-state index contributed by atoms with van der Waals surface area (Å²) < 4.78 is 54.8. The van der Waals surface area contributed by atoms with Gasteiger partial charge in [0.2, 0.25) is 0 Å². The van der Waals surface area contributed by atoms with Crippen molar-refractivity contribution in [3.8, 4) is 5.75 Å². The van der Waals surface area contributed by atoms with Crippen LogP contribution in [0.3, 0.4) is 0 Å². The van der Waals surface area contributed by atoms with Crippen LogP contribution in [0.5, 0.6) is 5.75 Å². The van der Waals surface area contributed by atoms with Gasteiger partial charge < -0.3 is 9.64 Å². The number of carbonyl (C=O) groups excluding carboxylic acids is 1. The second-order valence-electron chi connectivity index (χ2n) is 3.94. The van der Waals surface area contributed by atoms with Crippen molar-refractivity contribution in [3.63, 3.8) is 0 Å². The molecule has 0 saturated carbocycles. The fourth-order valence-electron chi connectivity index (χ4n) is 1.46. The molecule has 0 N–H and O–H groups in total. The molecular formula is C12H13F4NO2. The molecule has 0 saturated heterocycles. The van der Waals surface area contributed by atoms with Crippen LogP contribution in [-0.2, 0) is 11.3 Å². The van der Waals surface area contributed by atoms with E-state index in [1.54, 1.807) is 18.2 Å². The Labute approximate surface area is 107 Å². The number of ether oxygens (including phenoxy) is 1. The largest absolute Gasteiger partial charge is 0.497 e. The number of rotatable bonds is 5. The molecule has 0 aromatic heterocycles. The van der Waals surface area contributed by atoms with E-state index in [9.17, 15) is 22.4 Å². The lowest BCUT2D eigenvalue weighted by molar-refractivity contribution is -0.179. The third-order valence-corrected chi connectivity index (χ3v) is 2.46. The highest BCUT2D eigenvalue weighted by molar-refractivity contribution is 5.83. The molecule has 1 aromatic rings. The highest BCUT2D eigenvalue weighted by Crippen LogP contribution is 2.25. The van der Waals surface area contributed by atoms with E-state index in [1.165, 1.54) is 13.2 Å². The zero-order chi connectivity index (χ0) is 14.6. The van der Waals surface area contributed by atoms with Crippen molar-refractivity contribution in [2.45, 2.75) is 18.9 Å². The van der Waals surface area contributed by atoms with Crippen LogP contribution in [0.2, 0.25) is 0 Å². The summed E-state index contributed by atoms with van der Waals surface area (Å²) in [7, 11) is 2.47. The van der Waals surface area contributed by atoms with Crippen molar-refractivity contribution in [2.75, 3.05) is 14.2 Å². The molecule has 0 heterocycles. The average Bonchev–Trinajstić information content (AvgIpc) is 2.37. The minimum Gasteiger partial charge on any atom is -0.497 e. The molecule has 3 nitrogen and oxygen atoms in total. The Morgan fingerprint density at radius 1 is 1.42 bits per heavy atom. The maximum absolute atomic E-state index is 12.9. The van der Waals surface area contributed by atoms with Crippen molar-refractivity contribution in [3.05, 3.63) is 29.8 Å². The lowest BCUT2D eigenvalue weighted by Gasteiger charge is -2.23. The van der Waals surface area contributed by atoms with E-state index in [2.05, 4.69) is 0 Å². The van der Waals surface area contributed by atoms with Crippen LogP contribution < -0.4 is 4.74 Å². The van der Waals surface area contributed by atoms with Crippen molar-refractivity contribution in [2.24, 2.45) is 0 Å². The van der Waals surface area contributed by atoms with E-state index in [1.807, 2.05) is 0 Å². The van der Waals surface area contributed by atoms with Gasteiger partial charge in [0.15, 0.2) is 0 Å². The molecule has 1 aromatic carbocycles. The number of nitrogens with zero attached hydrogens (tertiary/aromatic N) is 1. The molecule has 1 amide bonds. The lowest BCUT2D eigenvalue weighted by atomic mass is 10.2. The van der Waals surface area contributed by atoms with Gasteiger partial charge in [-0.3, -0.25) is 4.79 Å². The summed E-state index contributed by atoms with van der Waals surface area (Å²) in [6, 6.07) is 6.36. The first kappa shape index (κ1) is 15.3. The molecular weight excluding hydrogens is 266 g/mol. The molecule has 0 aliphatic heterocycles. The minimum absolute atomic E-state index is 0.210. The van der Waals surface area contributed by atoms with E-state index in [0.717, 1.165) is 7.05 Å². The molecule has 0 aliphatic carbocycles. The number of benzene rings is 1. The smallest absolute Gasteiger partial charge is 0.383 e. The van der Waals surface area contributed by atoms with Gasteiger partial charge in [0.05, 0.1) is 7.11 Å². The Morgan fingerprint density at radius 3 is 2.58 bits per heavy atom. The van der Waals surface area contributed by atoms with Gasteiger partial charge >= 0.3 is 12.3 Å². The van der Waals surface area contributed by atoms with Crippen molar-refractivity contribution >= 4 is 5.91 Å². The molecule has 0 radical (unpaired) electrons. The molecule has 106 valence electrons. The van der Waals surface area contributed by atoms with Crippen LogP contribution in [-0.4, -0.2) is 37.3 Å². The molecule has 7 heteroatoms. The van der Waals surface area contributed by atoms with Gasteiger partial charge in [-0.15, -0.1) is 0 Å². The van der Waals surface area contributed by atoms with Crippen LogP contribution >= 0.6 is 0 Å². The Hall–Kier alpha value is -1.79. The molecule has 19 heavy (non-hydrogen) atoms. The Morgan fingerprint density at radius 2 is 2.05 bits per heavy atom.